The largest absolute Gasteiger partial charge is 0.497 e. The Hall–Kier alpha value is -2.84. The van der Waals surface area contributed by atoms with Gasteiger partial charge in [-0.2, -0.15) is 0 Å². The predicted molar refractivity (Wildman–Crippen MR) is 121 cm³/mol. The molecule has 0 fully saturated rings. The third kappa shape index (κ3) is 5.84. The van der Waals surface area contributed by atoms with E-state index in [-0.39, 0.29) is 17.3 Å². The molecule has 0 saturated heterocycles. The second-order valence-electron chi connectivity index (χ2n) is 6.14. The Morgan fingerprint density at radius 2 is 1.83 bits per heavy atom. The molecule has 0 aliphatic heterocycles. The normalized spacial score (nSPS) is 10.4. The molecular weight excluding hydrogens is 471 g/mol. The summed E-state index contributed by atoms with van der Waals surface area (Å²) in [6.07, 6.45) is 0. The van der Waals surface area contributed by atoms with Gasteiger partial charge in [0.1, 0.15) is 11.6 Å². The summed E-state index contributed by atoms with van der Waals surface area (Å²) in [6, 6.07) is 18.3. The molecule has 2 amide bonds. The second-order valence-corrected chi connectivity index (χ2v) is 8.08. The maximum atomic E-state index is 14.0. The van der Waals surface area contributed by atoms with Gasteiger partial charge in [-0.05, 0) is 42.5 Å². The fraction of sp³-hybridized carbons (Fsp3) is 0.0909. The maximum absolute atomic E-state index is 14.0. The number of thioether (sulfide) groups is 1. The minimum absolute atomic E-state index is 0.0822. The monoisotopic (exact) mass is 488 g/mol. The van der Waals surface area contributed by atoms with Gasteiger partial charge < -0.3 is 15.4 Å². The van der Waals surface area contributed by atoms with E-state index in [0.29, 0.717) is 26.4 Å². The van der Waals surface area contributed by atoms with Gasteiger partial charge in [0.25, 0.3) is 5.91 Å². The molecule has 154 valence electrons. The van der Waals surface area contributed by atoms with Crippen LogP contribution in [0.3, 0.4) is 0 Å². The number of carbonyl (C=O) groups excluding carboxylic acids is 2. The van der Waals surface area contributed by atoms with Crippen LogP contribution in [0, 0.1) is 5.82 Å². The minimum atomic E-state index is -0.541. The Kier molecular flexibility index (Phi) is 7.48. The molecular formula is C22H18BrFN2O3S. The lowest BCUT2D eigenvalue weighted by Gasteiger charge is -2.11. The summed E-state index contributed by atoms with van der Waals surface area (Å²) in [4.78, 5) is 25.6. The van der Waals surface area contributed by atoms with Crippen molar-refractivity contribution in [3.63, 3.8) is 0 Å². The summed E-state index contributed by atoms with van der Waals surface area (Å²) in [7, 11) is 1.55. The lowest BCUT2D eigenvalue weighted by Crippen LogP contribution is -2.16. The second kappa shape index (κ2) is 10.3. The van der Waals surface area contributed by atoms with E-state index in [1.807, 2.05) is 0 Å². The third-order valence-electron chi connectivity index (χ3n) is 4.02. The zero-order chi connectivity index (χ0) is 21.5. The zero-order valence-electron chi connectivity index (χ0n) is 15.9. The van der Waals surface area contributed by atoms with Crippen LogP contribution in [-0.2, 0) is 4.79 Å². The quantitative estimate of drug-likeness (QED) is 0.426. The zero-order valence-corrected chi connectivity index (χ0v) is 18.3. The number of carbonyl (C=O) groups is 2. The van der Waals surface area contributed by atoms with Crippen LogP contribution in [-0.4, -0.2) is 24.7 Å². The van der Waals surface area contributed by atoms with Crippen molar-refractivity contribution in [3.05, 3.63) is 82.6 Å². The van der Waals surface area contributed by atoms with E-state index in [2.05, 4.69) is 26.6 Å². The SMILES string of the molecule is COc1cccc(NC(=O)CSc2ccccc2C(=O)Nc2ccc(Br)cc2F)c1. The topological polar surface area (TPSA) is 67.4 Å². The van der Waals surface area contributed by atoms with Crippen LogP contribution in [0.25, 0.3) is 0 Å². The number of benzene rings is 3. The molecule has 3 aromatic carbocycles. The van der Waals surface area contributed by atoms with Gasteiger partial charge in [0.2, 0.25) is 5.91 Å². The van der Waals surface area contributed by atoms with Crippen molar-refractivity contribution >= 4 is 50.9 Å². The van der Waals surface area contributed by atoms with Crippen molar-refractivity contribution in [3.8, 4) is 5.75 Å². The van der Waals surface area contributed by atoms with Crippen LogP contribution in [0.2, 0.25) is 0 Å². The van der Waals surface area contributed by atoms with Gasteiger partial charge in [-0.25, -0.2) is 4.39 Å². The van der Waals surface area contributed by atoms with Crippen LogP contribution < -0.4 is 15.4 Å². The smallest absolute Gasteiger partial charge is 0.256 e. The van der Waals surface area contributed by atoms with Gasteiger partial charge >= 0.3 is 0 Å². The van der Waals surface area contributed by atoms with Crippen molar-refractivity contribution in [2.24, 2.45) is 0 Å². The van der Waals surface area contributed by atoms with E-state index in [1.165, 1.54) is 23.9 Å². The van der Waals surface area contributed by atoms with E-state index in [0.717, 1.165) is 0 Å². The van der Waals surface area contributed by atoms with Crippen LogP contribution in [0.1, 0.15) is 10.4 Å². The first-order valence-corrected chi connectivity index (χ1v) is 10.7. The highest BCUT2D eigenvalue weighted by molar-refractivity contribution is 9.10. The van der Waals surface area contributed by atoms with E-state index in [4.69, 9.17) is 4.74 Å². The van der Waals surface area contributed by atoms with E-state index >= 15 is 0 Å². The first kappa shape index (κ1) is 21.9. The molecule has 0 spiro atoms. The molecule has 30 heavy (non-hydrogen) atoms. The Morgan fingerprint density at radius 1 is 1.03 bits per heavy atom. The van der Waals surface area contributed by atoms with Crippen LogP contribution in [0.4, 0.5) is 15.8 Å². The number of ether oxygens (including phenoxy) is 1. The summed E-state index contributed by atoms with van der Waals surface area (Å²) in [5, 5.41) is 5.37. The van der Waals surface area contributed by atoms with E-state index in [9.17, 15) is 14.0 Å². The van der Waals surface area contributed by atoms with Crippen LogP contribution in [0.5, 0.6) is 5.75 Å². The number of rotatable bonds is 7. The summed E-state index contributed by atoms with van der Waals surface area (Å²) >= 11 is 4.41. The van der Waals surface area contributed by atoms with Gasteiger partial charge in [0.15, 0.2) is 0 Å². The van der Waals surface area contributed by atoms with Gasteiger partial charge in [-0.15, -0.1) is 11.8 Å². The predicted octanol–water partition coefficient (Wildman–Crippen LogP) is 5.58. The highest BCUT2D eigenvalue weighted by Crippen LogP contribution is 2.26. The number of halogens is 2. The lowest BCUT2D eigenvalue weighted by atomic mass is 10.2. The average molecular weight is 489 g/mol. The summed E-state index contributed by atoms with van der Waals surface area (Å²) in [5.41, 5.74) is 1.06. The van der Waals surface area contributed by atoms with Crippen molar-refractivity contribution in [2.45, 2.75) is 4.90 Å². The minimum Gasteiger partial charge on any atom is -0.497 e. The molecule has 0 aliphatic rings. The molecule has 0 aliphatic carbocycles. The molecule has 0 bridgehead atoms. The van der Waals surface area contributed by atoms with Crippen molar-refractivity contribution in [1.82, 2.24) is 0 Å². The third-order valence-corrected chi connectivity index (χ3v) is 5.59. The first-order chi connectivity index (χ1) is 14.5. The highest BCUT2D eigenvalue weighted by atomic mass is 79.9. The Morgan fingerprint density at radius 3 is 2.60 bits per heavy atom. The molecule has 0 unspecified atom stereocenters. The van der Waals surface area contributed by atoms with Crippen molar-refractivity contribution < 1.29 is 18.7 Å². The number of methoxy groups -OCH3 is 1. The average Bonchev–Trinajstić information content (AvgIpc) is 2.74. The van der Waals surface area contributed by atoms with Gasteiger partial charge in [0.05, 0.1) is 24.1 Å². The summed E-state index contributed by atoms with van der Waals surface area (Å²) in [6.45, 7) is 0. The van der Waals surface area contributed by atoms with Gasteiger partial charge in [0, 0.05) is 21.1 Å². The van der Waals surface area contributed by atoms with Crippen molar-refractivity contribution in [2.75, 3.05) is 23.5 Å². The molecule has 8 heteroatoms. The molecule has 0 aromatic heterocycles. The maximum Gasteiger partial charge on any atom is 0.256 e. The molecule has 2 N–H and O–H groups in total. The summed E-state index contributed by atoms with van der Waals surface area (Å²) in [5.74, 6) is -0.466. The summed E-state index contributed by atoms with van der Waals surface area (Å²) < 4.78 is 19.8. The fourth-order valence-electron chi connectivity index (χ4n) is 2.60. The Bertz CT molecular complexity index is 1080. The molecule has 0 atom stereocenters. The molecule has 0 radical (unpaired) electrons. The van der Waals surface area contributed by atoms with E-state index < -0.39 is 11.7 Å². The fourth-order valence-corrected chi connectivity index (χ4v) is 3.78. The Balaban J connectivity index is 1.65. The van der Waals surface area contributed by atoms with E-state index in [1.54, 1.807) is 61.7 Å². The number of amides is 2. The van der Waals surface area contributed by atoms with Crippen molar-refractivity contribution in [1.29, 1.82) is 0 Å². The molecule has 3 aromatic rings. The Labute approximate surface area is 186 Å². The highest BCUT2D eigenvalue weighted by Gasteiger charge is 2.15. The first-order valence-electron chi connectivity index (χ1n) is 8.88. The number of hydrogen-bond donors (Lipinski definition) is 2. The number of nitrogens with one attached hydrogen (secondary N) is 2. The van der Waals surface area contributed by atoms with Gasteiger partial charge in [-0.3, -0.25) is 9.59 Å². The van der Waals surface area contributed by atoms with Crippen LogP contribution in [0.15, 0.2) is 76.1 Å². The van der Waals surface area contributed by atoms with Crippen LogP contribution >= 0.6 is 27.7 Å². The molecule has 3 rings (SSSR count). The van der Waals surface area contributed by atoms with Gasteiger partial charge in [-0.1, -0.05) is 34.1 Å². The lowest BCUT2D eigenvalue weighted by molar-refractivity contribution is -0.113. The molecule has 0 saturated carbocycles. The molecule has 0 heterocycles. The standard InChI is InChI=1S/C22H18BrFN2O3S/c1-29-16-6-4-5-15(12-16)25-21(27)13-30-20-8-3-2-7-17(20)22(28)26-19-10-9-14(23)11-18(19)24/h2-12H,13H2,1H3,(H,25,27)(H,26,28). The number of anilines is 2. The number of hydrogen-bond acceptors (Lipinski definition) is 4. The molecule has 5 nitrogen and oxygen atoms in total.